The van der Waals surface area contributed by atoms with Crippen molar-refractivity contribution >= 4 is 15.8 Å². The monoisotopic (exact) mass is 297 g/mol. The zero-order valence-electron chi connectivity index (χ0n) is 12.4. The fraction of sp³-hybridized carbons (Fsp3) is 0.643. The molecule has 0 aromatic carbocycles. The first-order chi connectivity index (χ1) is 9.41. The van der Waals surface area contributed by atoms with E-state index in [0.29, 0.717) is 23.9 Å². The van der Waals surface area contributed by atoms with E-state index in [2.05, 4.69) is 18.8 Å². The van der Waals surface area contributed by atoms with Crippen molar-refractivity contribution in [3.8, 4) is 0 Å². The molecule has 0 saturated carbocycles. The molecule has 0 unspecified atom stereocenters. The van der Waals surface area contributed by atoms with Crippen LogP contribution in [-0.4, -0.2) is 44.4 Å². The van der Waals surface area contributed by atoms with Crippen molar-refractivity contribution in [1.29, 1.82) is 0 Å². The van der Waals surface area contributed by atoms with Crippen molar-refractivity contribution in [2.75, 3.05) is 31.6 Å². The minimum Gasteiger partial charge on any atom is -0.359 e. The molecule has 0 spiro atoms. The third-order valence-corrected chi connectivity index (χ3v) is 5.34. The lowest BCUT2D eigenvalue weighted by atomic mass is 10.2. The van der Waals surface area contributed by atoms with Crippen molar-refractivity contribution in [2.45, 2.75) is 31.6 Å². The molecule has 112 valence electrons. The number of pyridine rings is 1. The number of rotatable bonds is 5. The van der Waals surface area contributed by atoms with Gasteiger partial charge < -0.3 is 4.90 Å². The molecule has 1 aromatic rings. The van der Waals surface area contributed by atoms with Gasteiger partial charge in [-0.15, -0.1) is 0 Å². The third-order valence-electron chi connectivity index (χ3n) is 3.45. The summed E-state index contributed by atoms with van der Waals surface area (Å²) in [5.41, 5.74) is 0. The Bertz CT molecular complexity index is 534. The van der Waals surface area contributed by atoms with Crippen LogP contribution in [0.1, 0.15) is 26.7 Å². The first-order valence-corrected chi connectivity index (χ1v) is 8.52. The van der Waals surface area contributed by atoms with Gasteiger partial charge in [0, 0.05) is 32.9 Å². The highest BCUT2D eigenvalue weighted by molar-refractivity contribution is 7.89. The van der Waals surface area contributed by atoms with E-state index in [1.54, 1.807) is 16.4 Å². The lowest BCUT2D eigenvalue weighted by Crippen LogP contribution is -2.28. The Morgan fingerprint density at radius 1 is 1.30 bits per heavy atom. The van der Waals surface area contributed by atoms with Crippen LogP contribution in [-0.2, 0) is 10.0 Å². The second-order valence-corrected chi connectivity index (χ2v) is 7.68. The quantitative estimate of drug-likeness (QED) is 0.833. The largest absolute Gasteiger partial charge is 0.359 e. The molecule has 0 aliphatic carbocycles. The van der Waals surface area contributed by atoms with Crippen LogP contribution in [0.25, 0.3) is 0 Å². The summed E-state index contributed by atoms with van der Waals surface area (Å²) in [4.78, 5) is 6.62. The van der Waals surface area contributed by atoms with Gasteiger partial charge >= 0.3 is 0 Å². The molecule has 6 heteroatoms. The van der Waals surface area contributed by atoms with E-state index in [1.165, 1.54) is 6.20 Å². The Labute approximate surface area is 121 Å². The third kappa shape index (κ3) is 3.30. The summed E-state index contributed by atoms with van der Waals surface area (Å²) in [6, 6.07) is 3.44. The topological polar surface area (TPSA) is 53.5 Å². The molecule has 1 aromatic heterocycles. The van der Waals surface area contributed by atoms with Crippen LogP contribution in [0.4, 0.5) is 5.82 Å². The lowest BCUT2D eigenvalue weighted by molar-refractivity contribution is 0.477. The van der Waals surface area contributed by atoms with Crippen molar-refractivity contribution in [1.82, 2.24) is 9.29 Å². The molecule has 5 nitrogen and oxygen atoms in total. The second-order valence-electron chi connectivity index (χ2n) is 5.74. The van der Waals surface area contributed by atoms with E-state index in [4.69, 9.17) is 0 Å². The fourth-order valence-corrected chi connectivity index (χ4v) is 3.93. The molecule has 0 bridgehead atoms. The Hall–Kier alpha value is -1.14. The number of nitrogens with zero attached hydrogens (tertiary/aromatic N) is 3. The number of aromatic nitrogens is 1. The highest BCUT2D eigenvalue weighted by Crippen LogP contribution is 2.21. The molecule has 2 heterocycles. The first kappa shape index (κ1) is 15.3. The molecule has 1 fully saturated rings. The number of hydrogen-bond acceptors (Lipinski definition) is 4. The van der Waals surface area contributed by atoms with Gasteiger partial charge in [-0.3, -0.25) is 0 Å². The van der Waals surface area contributed by atoms with Crippen LogP contribution in [0.15, 0.2) is 23.2 Å². The zero-order valence-corrected chi connectivity index (χ0v) is 13.2. The van der Waals surface area contributed by atoms with E-state index in [-0.39, 0.29) is 0 Å². The van der Waals surface area contributed by atoms with Gasteiger partial charge in [-0.1, -0.05) is 13.8 Å². The summed E-state index contributed by atoms with van der Waals surface area (Å²) < 4.78 is 26.3. The predicted molar refractivity (Wildman–Crippen MR) is 80.3 cm³/mol. The van der Waals surface area contributed by atoms with Crippen LogP contribution >= 0.6 is 0 Å². The van der Waals surface area contributed by atoms with Crippen molar-refractivity contribution in [3.63, 3.8) is 0 Å². The standard InChI is InChI=1S/C14H23N3O2S/c1-12(2)11-16(3)14-7-6-13(10-15-14)20(18,19)17-8-4-5-9-17/h6-7,10,12H,4-5,8-9,11H2,1-3H3. The molecule has 1 saturated heterocycles. The minimum absolute atomic E-state index is 0.293. The summed E-state index contributed by atoms with van der Waals surface area (Å²) in [5, 5.41) is 0. The van der Waals surface area contributed by atoms with E-state index in [9.17, 15) is 8.42 Å². The van der Waals surface area contributed by atoms with Crippen LogP contribution < -0.4 is 4.90 Å². The summed E-state index contributed by atoms with van der Waals surface area (Å²) in [7, 11) is -1.38. The fourth-order valence-electron chi connectivity index (χ4n) is 2.47. The molecule has 0 atom stereocenters. The molecule has 1 aliphatic heterocycles. The Kier molecular flexibility index (Phi) is 4.65. The summed E-state index contributed by atoms with van der Waals surface area (Å²) in [6.45, 7) is 6.42. The molecule has 2 rings (SSSR count). The highest BCUT2D eigenvalue weighted by Gasteiger charge is 2.27. The average Bonchev–Trinajstić information content (AvgIpc) is 2.92. The van der Waals surface area contributed by atoms with Gasteiger partial charge in [-0.05, 0) is 30.9 Å². The van der Waals surface area contributed by atoms with Gasteiger partial charge in [-0.2, -0.15) is 4.31 Å². The summed E-state index contributed by atoms with van der Waals surface area (Å²) in [5.74, 6) is 1.34. The van der Waals surface area contributed by atoms with E-state index < -0.39 is 10.0 Å². The average molecular weight is 297 g/mol. The zero-order chi connectivity index (χ0) is 14.8. The number of anilines is 1. The molecule has 0 radical (unpaired) electrons. The molecule has 0 N–H and O–H groups in total. The number of sulfonamides is 1. The number of hydrogen-bond donors (Lipinski definition) is 0. The Morgan fingerprint density at radius 3 is 2.45 bits per heavy atom. The molecular formula is C14H23N3O2S. The molecule has 20 heavy (non-hydrogen) atoms. The molecule has 1 aliphatic rings. The van der Waals surface area contributed by atoms with E-state index in [1.807, 2.05) is 11.9 Å². The maximum atomic E-state index is 12.4. The van der Waals surface area contributed by atoms with Crippen LogP contribution in [0.2, 0.25) is 0 Å². The molecular weight excluding hydrogens is 274 g/mol. The second kappa shape index (κ2) is 6.10. The van der Waals surface area contributed by atoms with Gasteiger partial charge in [0.05, 0.1) is 0 Å². The Balaban J connectivity index is 2.15. The van der Waals surface area contributed by atoms with Gasteiger partial charge in [-0.25, -0.2) is 13.4 Å². The van der Waals surface area contributed by atoms with Crippen molar-refractivity contribution < 1.29 is 8.42 Å². The van der Waals surface area contributed by atoms with Crippen LogP contribution in [0, 0.1) is 5.92 Å². The highest BCUT2D eigenvalue weighted by atomic mass is 32.2. The maximum Gasteiger partial charge on any atom is 0.244 e. The SMILES string of the molecule is CC(C)CN(C)c1ccc(S(=O)(=O)N2CCCC2)cn1. The van der Waals surface area contributed by atoms with Crippen molar-refractivity contribution in [2.24, 2.45) is 5.92 Å². The Morgan fingerprint density at radius 2 is 1.95 bits per heavy atom. The van der Waals surface area contributed by atoms with Gasteiger partial charge in [0.2, 0.25) is 10.0 Å². The van der Waals surface area contributed by atoms with Gasteiger partial charge in [0.15, 0.2) is 0 Å². The lowest BCUT2D eigenvalue weighted by Gasteiger charge is -2.21. The first-order valence-electron chi connectivity index (χ1n) is 7.08. The maximum absolute atomic E-state index is 12.4. The van der Waals surface area contributed by atoms with Crippen molar-refractivity contribution in [3.05, 3.63) is 18.3 Å². The summed E-state index contributed by atoms with van der Waals surface area (Å²) in [6.07, 6.45) is 3.36. The van der Waals surface area contributed by atoms with Gasteiger partial charge in [0.1, 0.15) is 10.7 Å². The smallest absolute Gasteiger partial charge is 0.244 e. The normalized spacial score (nSPS) is 16.8. The molecule has 0 amide bonds. The predicted octanol–water partition coefficient (Wildman–Crippen LogP) is 1.96. The van der Waals surface area contributed by atoms with Crippen LogP contribution in [0.5, 0.6) is 0 Å². The summed E-state index contributed by atoms with van der Waals surface area (Å²) >= 11 is 0. The van der Waals surface area contributed by atoms with Crippen LogP contribution in [0.3, 0.4) is 0 Å². The van der Waals surface area contributed by atoms with E-state index in [0.717, 1.165) is 25.2 Å². The minimum atomic E-state index is -3.35. The van der Waals surface area contributed by atoms with E-state index >= 15 is 0 Å². The van der Waals surface area contributed by atoms with Gasteiger partial charge in [0.25, 0.3) is 0 Å².